The molecular weight excluding hydrogens is 470 g/mol. The summed E-state index contributed by atoms with van der Waals surface area (Å²) in [6, 6.07) is 12.3. The number of hydrogen-bond donors (Lipinski definition) is 2. The van der Waals surface area contributed by atoms with Gasteiger partial charge in [0.05, 0.1) is 21.4 Å². The third-order valence-electron chi connectivity index (χ3n) is 6.91. The van der Waals surface area contributed by atoms with Gasteiger partial charge in [0, 0.05) is 18.5 Å². The number of para-hydroxylation sites is 1. The number of benzene rings is 2. The second-order valence-corrected chi connectivity index (χ2v) is 10.4. The van der Waals surface area contributed by atoms with E-state index in [1.807, 2.05) is 6.92 Å². The van der Waals surface area contributed by atoms with Gasteiger partial charge in [0.15, 0.2) is 0 Å². The van der Waals surface area contributed by atoms with Crippen molar-refractivity contribution >= 4 is 34.1 Å². The van der Waals surface area contributed by atoms with Crippen LogP contribution in [0.4, 0.5) is 8.78 Å². The molecule has 1 saturated heterocycles. The summed E-state index contributed by atoms with van der Waals surface area (Å²) in [6.07, 6.45) is 1.02. The number of aryl methyl sites for hydroxylation is 1. The molecule has 178 valence electrons. The van der Waals surface area contributed by atoms with Crippen LogP contribution in [-0.4, -0.2) is 45.8 Å². The number of amides is 2. The van der Waals surface area contributed by atoms with Crippen LogP contribution in [0.5, 0.6) is 0 Å². The first-order valence-electron chi connectivity index (χ1n) is 11.5. The molecule has 2 aromatic carbocycles. The Labute approximate surface area is 204 Å². The van der Waals surface area contributed by atoms with Crippen molar-refractivity contribution in [3.8, 4) is 10.4 Å². The Hall–Kier alpha value is -3.59. The number of piperidine rings is 1. The highest BCUT2D eigenvalue weighted by Gasteiger charge is 2.54. The molecule has 1 saturated carbocycles. The lowest BCUT2D eigenvalue weighted by Crippen LogP contribution is -2.45. The minimum Gasteiger partial charge on any atom is -0.349 e. The number of aromatic nitrogens is 2. The normalized spacial score (nSPS) is 20.8. The zero-order chi connectivity index (χ0) is 24.3. The van der Waals surface area contributed by atoms with Crippen molar-refractivity contribution < 1.29 is 18.4 Å². The van der Waals surface area contributed by atoms with Crippen molar-refractivity contribution in [2.75, 3.05) is 13.1 Å². The van der Waals surface area contributed by atoms with Gasteiger partial charge < -0.3 is 15.2 Å². The Morgan fingerprint density at radius 1 is 1.20 bits per heavy atom. The molecule has 2 fully saturated rings. The van der Waals surface area contributed by atoms with Gasteiger partial charge in [-0.1, -0.05) is 24.3 Å². The van der Waals surface area contributed by atoms with Crippen LogP contribution < -0.4 is 5.32 Å². The van der Waals surface area contributed by atoms with E-state index in [1.54, 1.807) is 35.2 Å². The maximum Gasteiger partial charge on any atom is 0.274 e. The van der Waals surface area contributed by atoms with E-state index in [9.17, 15) is 18.4 Å². The number of carbonyl (C=O) groups is 2. The maximum atomic E-state index is 14.0. The van der Waals surface area contributed by atoms with E-state index in [-0.39, 0.29) is 29.4 Å². The van der Waals surface area contributed by atoms with Crippen molar-refractivity contribution in [2.45, 2.75) is 19.4 Å². The van der Waals surface area contributed by atoms with Gasteiger partial charge in [0.1, 0.15) is 23.0 Å². The lowest BCUT2D eigenvalue weighted by Gasteiger charge is -2.27. The predicted octanol–water partition coefficient (Wildman–Crippen LogP) is 4.77. The number of nitrogens with zero attached hydrogens (tertiary/aromatic N) is 2. The number of rotatable bonds is 5. The average Bonchev–Trinajstić information content (AvgIpc) is 3.17. The highest BCUT2D eigenvalue weighted by Crippen LogP contribution is 2.50. The van der Waals surface area contributed by atoms with E-state index in [1.165, 1.54) is 29.5 Å². The second kappa shape index (κ2) is 8.27. The Kier molecular flexibility index (Phi) is 5.17. The van der Waals surface area contributed by atoms with Gasteiger partial charge in [-0.3, -0.25) is 9.59 Å². The summed E-state index contributed by atoms with van der Waals surface area (Å²) in [7, 11) is 0. The van der Waals surface area contributed by atoms with Gasteiger partial charge in [-0.05, 0) is 55.0 Å². The van der Waals surface area contributed by atoms with Crippen LogP contribution in [0.15, 0.2) is 48.5 Å². The molecule has 2 N–H and O–H groups in total. The van der Waals surface area contributed by atoms with E-state index in [2.05, 4.69) is 15.3 Å². The fraction of sp³-hybridized carbons (Fsp3) is 0.269. The van der Waals surface area contributed by atoms with E-state index < -0.39 is 5.82 Å². The maximum absolute atomic E-state index is 14.0. The van der Waals surface area contributed by atoms with Crippen molar-refractivity contribution in [3.63, 3.8) is 0 Å². The smallest absolute Gasteiger partial charge is 0.274 e. The molecule has 9 heteroatoms. The summed E-state index contributed by atoms with van der Waals surface area (Å²) in [5.74, 6) is -0.582. The highest BCUT2D eigenvalue weighted by molar-refractivity contribution is 7.15. The first-order chi connectivity index (χ1) is 16.9. The van der Waals surface area contributed by atoms with Crippen LogP contribution in [-0.2, 0) is 0 Å². The fourth-order valence-electron chi connectivity index (χ4n) is 5.13. The number of nitrogens with one attached hydrogen (secondary N) is 2. The Bertz CT molecular complexity index is 1480. The molecule has 0 unspecified atom stereocenters. The molecule has 6 nitrogen and oxygen atoms in total. The standard InChI is InChI=1S/C26H22F2N4O2S/c1-13-30-23(24(35-13)15-5-2-6-17(27)8-15)26(34)32-12-16-9-18(16)21(32)11-29-25(33)20-10-14-4-3-7-19(28)22(14)31-20/h2-8,10,16,18,21,31H,9,11-12H2,1H3,(H,29,33)/t16-,18-,21-/m1/s1. The van der Waals surface area contributed by atoms with Gasteiger partial charge in [0.25, 0.3) is 11.8 Å². The third kappa shape index (κ3) is 3.89. The molecule has 2 aliphatic rings. The lowest BCUT2D eigenvalue weighted by atomic mass is 10.1. The summed E-state index contributed by atoms with van der Waals surface area (Å²) < 4.78 is 27.8. The number of thiazole rings is 1. The summed E-state index contributed by atoms with van der Waals surface area (Å²) >= 11 is 1.37. The SMILES string of the molecule is Cc1nc(C(=O)N2C[C@H]3C[C@H]3[C@H]2CNC(=O)c2cc3cccc(F)c3[nH]2)c(-c2cccc(F)c2)s1. The van der Waals surface area contributed by atoms with E-state index >= 15 is 0 Å². The Morgan fingerprint density at radius 2 is 2.03 bits per heavy atom. The number of aromatic amines is 1. The van der Waals surface area contributed by atoms with Crippen LogP contribution >= 0.6 is 11.3 Å². The molecule has 0 radical (unpaired) electrons. The molecule has 6 rings (SSSR count). The quantitative estimate of drug-likeness (QED) is 0.421. The van der Waals surface area contributed by atoms with E-state index in [0.29, 0.717) is 52.0 Å². The number of H-pyrrole nitrogens is 1. The number of fused-ring (bicyclic) bond motifs is 2. The van der Waals surface area contributed by atoms with Gasteiger partial charge in [-0.15, -0.1) is 11.3 Å². The largest absolute Gasteiger partial charge is 0.349 e. The minimum absolute atomic E-state index is 0.153. The lowest BCUT2D eigenvalue weighted by molar-refractivity contribution is 0.0690. The van der Waals surface area contributed by atoms with Crippen molar-refractivity contribution in [1.82, 2.24) is 20.2 Å². The Balaban J connectivity index is 1.22. The second-order valence-electron chi connectivity index (χ2n) is 9.20. The van der Waals surface area contributed by atoms with Gasteiger partial charge in [-0.25, -0.2) is 13.8 Å². The van der Waals surface area contributed by atoms with Crippen molar-refractivity contribution in [3.05, 3.63) is 76.6 Å². The zero-order valence-corrected chi connectivity index (χ0v) is 19.7. The molecule has 3 atom stereocenters. The van der Waals surface area contributed by atoms with Gasteiger partial charge in [0.2, 0.25) is 0 Å². The van der Waals surface area contributed by atoms with Crippen LogP contribution in [0.2, 0.25) is 0 Å². The van der Waals surface area contributed by atoms with Gasteiger partial charge in [-0.2, -0.15) is 0 Å². The number of hydrogen-bond acceptors (Lipinski definition) is 4. The summed E-state index contributed by atoms with van der Waals surface area (Å²) in [6.45, 7) is 2.73. The number of carbonyl (C=O) groups excluding carboxylic acids is 2. The molecule has 2 amide bonds. The highest BCUT2D eigenvalue weighted by atomic mass is 32.1. The van der Waals surface area contributed by atoms with E-state index in [4.69, 9.17) is 0 Å². The first-order valence-corrected chi connectivity index (χ1v) is 12.3. The molecule has 0 spiro atoms. The molecule has 4 aromatic rings. The van der Waals surface area contributed by atoms with Crippen molar-refractivity contribution in [1.29, 1.82) is 0 Å². The van der Waals surface area contributed by atoms with E-state index in [0.717, 1.165) is 11.4 Å². The van der Waals surface area contributed by atoms with Gasteiger partial charge >= 0.3 is 0 Å². The molecular formula is C26H22F2N4O2S. The minimum atomic E-state index is -0.414. The molecule has 35 heavy (non-hydrogen) atoms. The van der Waals surface area contributed by atoms with Crippen LogP contribution in [0.1, 0.15) is 32.4 Å². The summed E-state index contributed by atoms with van der Waals surface area (Å²) in [5.41, 5.74) is 1.51. The fourth-order valence-corrected chi connectivity index (χ4v) is 6.04. The third-order valence-corrected chi connectivity index (χ3v) is 7.93. The van der Waals surface area contributed by atoms with Crippen LogP contribution in [0, 0.1) is 30.4 Å². The monoisotopic (exact) mass is 492 g/mol. The molecule has 1 aliphatic carbocycles. The molecule has 3 heterocycles. The molecule has 1 aliphatic heterocycles. The first kappa shape index (κ1) is 21.9. The zero-order valence-electron chi connectivity index (χ0n) is 18.8. The number of halogens is 2. The topological polar surface area (TPSA) is 78.1 Å². The molecule has 0 bridgehead atoms. The summed E-state index contributed by atoms with van der Waals surface area (Å²) in [5, 5.41) is 4.27. The predicted molar refractivity (Wildman–Crippen MR) is 129 cm³/mol. The van der Waals surface area contributed by atoms with Crippen molar-refractivity contribution in [2.24, 2.45) is 11.8 Å². The summed E-state index contributed by atoms with van der Waals surface area (Å²) in [4.78, 5) is 36.2. The van der Waals surface area contributed by atoms with Crippen LogP contribution in [0.3, 0.4) is 0 Å². The molecule has 2 aromatic heterocycles. The number of likely N-dealkylation sites (tertiary alicyclic amines) is 1. The average molecular weight is 493 g/mol. The Morgan fingerprint density at radius 3 is 2.83 bits per heavy atom. The van der Waals surface area contributed by atoms with Crippen LogP contribution in [0.25, 0.3) is 21.3 Å².